The molecule has 0 bridgehead atoms. The molecule has 0 radical (unpaired) electrons. The highest BCUT2D eigenvalue weighted by molar-refractivity contribution is 7.09. The Bertz CT molecular complexity index is 361. The van der Waals surface area contributed by atoms with E-state index in [9.17, 15) is 0 Å². The fourth-order valence-electron chi connectivity index (χ4n) is 2.93. The molecular weight excluding hydrogens is 228 g/mol. The van der Waals surface area contributed by atoms with Gasteiger partial charge in [0, 0.05) is 11.4 Å². The molecule has 1 heterocycles. The van der Waals surface area contributed by atoms with Crippen molar-refractivity contribution in [2.24, 2.45) is 5.41 Å². The number of thiazole rings is 1. The normalized spacial score (nSPS) is 28.8. The summed E-state index contributed by atoms with van der Waals surface area (Å²) in [4.78, 5) is 4.60. The number of nitrogens with one attached hydrogen (secondary N) is 1. The van der Waals surface area contributed by atoms with Gasteiger partial charge in [0.05, 0.1) is 10.7 Å². The Balaban J connectivity index is 1.88. The third-order valence-corrected chi connectivity index (χ3v) is 4.62. The van der Waals surface area contributed by atoms with Crippen LogP contribution in [0.1, 0.15) is 50.2 Å². The molecule has 1 aromatic heterocycles. The monoisotopic (exact) mass is 252 g/mol. The second kappa shape index (κ2) is 5.49. The van der Waals surface area contributed by atoms with Crippen molar-refractivity contribution >= 4 is 11.3 Å². The van der Waals surface area contributed by atoms with Crippen molar-refractivity contribution in [1.82, 2.24) is 10.3 Å². The van der Waals surface area contributed by atoms with Crippen LogP contribution in [-0.4, -0.2) is 17.6 Å². The van der Waals surface area contributed by atoms with E-state index in [1.165, 1.54) is 36.4 Å². The van der Waals surface area contributed by atoms with Crippen LogP contribution in [0.3, 0.4) is 0 Å². The Morgan fingerprint density at radius 3 is 3.06 bits per heavy atom. The number of aromatic nitrogens is 1. The van der Waals surface area contributed by atoms with Gasteiger partial charge in [-0.15, -0.1) is 11.3 Å². The van der Waals surface area contributed by atoms with Gasteiger partial charge in [0.15, 0.2) is 0 Å². The van der Waals surface area contributed by atoms with Crippen molar-refractivity contribution in [3.63, 3.8) is 0 Å². The Morgan fingerprint density at radius 2 is 2.41 bits per heavy atom. The molecule has 1 aliphatic rings. The molecule has 0 amide bonds. The first-order valence-corrected chi connectivity index (χ1v) is 7.64. The molecule has 0 saturated heterocycles. The molecule has 0 aliphatic heterocycles. The summed E-state index contributed by atoms with van der Waals surface area (Å²) < 4.78 is 0. The second-order valence-corrected chi connectivity index (χ2v) is 6.80. The summed E-state index contributed by atoms with van der Waals surface area (Å²) in [5, 5.41) is 7.09. The van der Waals surface area contributed by atoms with Crippen molar-refractivity contribution in [2.45, 2.75) is 58.9 Å². The quantitative estimate of drug-likeness (QED) is 0.867. The lowest BCUT2D eigenvalue weighted by atomic mass is 9.84. The number of hydrogen-bond acceptors (Lipinski definition) is 3. The molecule has 96 valence electrons. The fraction of sp³-hybridized carbons (Fsp3) is 0.786. The van der Waals surface area contributed by atoms with Gasteiger partial charge in [-0.2, -0.15) is 0 Å². The highest BCUT2D eigenvalue weighted by Crippen LogP contribution is 2.40. The number of hydrogen-bond donors (Lipinski definition) is 1. The minimum absolute atomic E-state index is 0.464. The number of nitrogens with zero attached hydrogens (tertiary/aromatic N) is 1. The van der Waals surface area contributed by atoms with E-state index in [2.05, 4.69) is 36.5 Å². The van der Waals surface area contributed by atoms with Crippen molar-refractivity contribution < 1.29 is 0 Å². The summed E-state index contributed by atoms with van der Waals surface area (Å²) in [6, 6.07) is 0.736. The highest BCUT2D eigenvalue weighted by Gasteiger charge is 2.35. The van der Waals surface area contributed by atoms with E-state index < -0.39 is 0 Å². The third kappa shape index (κ3) is 3.52. The average molecular weight is 252 g/mol. The molecule has 1 saturated carbocycles. The molecule has 17 heavy (non-hydrogen) atoms. The second-order valence-electron chi connectivity index (χ2n) is 5.74. The lowest BCUT2D eigenvalue weighted by Crippen LogP contribution is -2.29. The maximum absolute atomic E-state index is 4.60. The molecule has 2 nitrogen and oxygen atoms in total. The van der Waals surface area contributed by atoms with Crippen molar-refractivity contribution in [3.8, 4) is 0 Å². The molecule has 1 N–H and O–H groups in total. The van der Waals surface area contributed by atoms with Gasteiger partial charge in [0.25, 0.3) is 0 Å². The SMILES string of the molecule is CCCNC1CCC(C)(Cc2csc(C)n2)C1. The summed E-state index contributed by atoms with van der Waals surface area (Å²) >= 11 is 1.77. The van der Waals surface area contributed by atoms with Gasteiger partial charge in [-0.1, -0.05) is 13.8 Å². The van der Waals surface area contributed by atoms with E-state index in [4.69, 9.17) is 0 Å². The molecule has 1 aliphatic carbocycles. The zero-order valence-corrected chi connectivity index (χ0v) is 12.1. The van der Waals surface area contributed by atoms with Gasteiger partial charge < -0.3 is 5.32 Å². The van der Waals surface area contributed by atoms with Crippen LogP contribution < -0.4 is 5.32 Å². The molecule has 2 atom stereocenters. The molecule has 0 aromatic carbocycles. The first-order chi connectivity index (χ1) is 8.11. The van der Waals surface area contributed by atoms with Crippen molar-refractivity contribution in [3.05, 3.63) is 16.1 Å². The maximum Gasteiger partial charge on any atom is 0.0897 e. The molecule has 0 spiro atoms. The topological polar surface area (TPSA) is 24.9 Å². The van der Waals surface area contributed by atoms with E-state index in [1.54, 1.807) is 11.3 Å². The first kappa shape index (κ1) is 13.0. The van der Waals surface area contributed by atoms with Crippen LogP contribution in [0.2, 0.25) is 0 Å². The highest BCUT2D eigenvalue weighted by atomic mass is 32.1. The van der Waals surface area contributed by atoms with E-state index in [-0.39, 0.29) is 0 Å². The van der Waals surface area contributed by atoms with Crippen LogP contribution in [0.5, 0.6) is 0 Å². The van der Waals surface area contributed by atoms with Crippen molar-refractivity contribution in [2.75, 3.05) is 6.54 Å². The summed E-state index contributed by atoms with van der Waals surface area (Å²) in [6.45, 7) is 7.92. The van der Waals surface area contributed by atoms with Crippen LogP contribution in [0, 0.1) is 12.3 Å². The molecule has 1 aromatic rings. The average Bonchev–Trinajstić information content (AvgIpc) is 2.83. The molecular formula is C14H24N2S. The summed E-state index contributed by atoms with van der Waals surface area (Å²) in [7, 11) is 0. The van der Waals surface area contributed by atoms with Crippen LogP contribution in [0.4, 0.5) is 0 Å². The zero-order chi connectivity index (χ0) is 12.3. The molecule has 2 rings (SSSR count). The van der Waals surface area contributed by atoms with Gasteiger partial charge in [-0.05, 0) is 51.0 Å². The van der Waals surface area contributed by atoms with E-state index >= 15 is 0 Å². The summed E-state index contributed by atoms with van der Waals surface area (Å²) in [5.41, 5.74) is 1.76. The summed E-state index contributed by atoms with van der Waals surface area (Å²) in [5.74, 6) is 0. The molecule has 2 unspecified atom stereocenters. The van der Waals surface area contributed by atoms with Gasteiger partial charge in [0.2, 0.25) is 0 Å². The number of rotatable bonds is 5. The Labute approximate surface area is 109 Å². The molecule has 3 heteroatoms. The summed E-state index contributed by atoms with van der Waals surface area (Å²) in [6.07, 6.45) is 6.37. The lowest BCUT2D eigenvalue weighted by molar-refractivity contribution is 0.319. The zero-order valence-electron chi connectivity index (χ0n) is 11.3. The minimum Gasteiger partial charge on any atom is -0.314 e. The molecule has 1 fully saturated rings. The minimum atomic E-state index is 0.464. The van der Waals surface area contributed by atoms with E-state index in [0.29, 0.717) is 5.41 Å². The van der Waals surface area contributed by atoms with Crippen LogP contribution in [-0.2, 0) is 6.42 Å². The Hall–Kier alpha value is -0.410. The lowest BCUT2D eigenvalue weighted by Gasteiger charge is -2.23. The fourth-order valence-corrected chi connectivity index (χ4v) is 3.54. The Morgan fingerprint density at radius 1 is 1.59 bits per heavy atom. The smallest absolute Gasteiger partial charge is 0.0897 e. The maximum atomic E-state index is 4.60. The first-order valence-electron chi connectivity index (χ1n) is 6.76. The predicted octanol–water partition coefficient (Wildman–Crippen LogP) is 3.55. The van der Waals surface area contributed by atoms with Gasteiger partial charge >= 0.3 is 0 Å². The van der Waals surface area contributed by atoms with Gasteiger partial charge in [-0.25, -0.2) is 4.98 Å². The standard InChI is InChI=1S/C14H24N2S/c1-4-7-15-12-5-6-14(3,8-12)9-13-10-17-11(2)16-13/h10,12,15H,4-9H2,1-3H3. The predicted molar refractivity (Wildman–Crippen MR) is 74.6 cm³/mol. The van der Waals surface area contributed by atoms with Crippen LogP contribution >= 0.6 is 11.3 Å². The van der Waals surface area contributed by atoms with Crippen molar-refractivity contribution in [1.29, 1.82) is 0 Å². The van der Waals surface area contributed by atoms with Crippen LogP contribution in [0.15, 0.2) is 5.38 Å². The van der Waals surface area contributed by atoms with Gasteiger partial charge in [-0.3, -0.25) is 0 Å². The van der Waals surface area contributed by atoms with E-state index in [0.717, 1.165) is 19.0 Å². The van der Waals surface area contributed by atoms with Crippen LogP contribution in [0.25, 0.3) is 0 Å². The third-order valence-electron chi connectivity index (χ3n) is 3.79. The Kier molecular flexibility index (Phi) is 4.21. The largest absolute Gasteiger partial charge is 0.314 e. The van der Waals surface area contributed by atoms with Gasteiger partial charge in [0.1, 0.15) is 0 Å². The number of aryl methyl sites for hydroxylation is 1. The van der Waals surface area contributed by atoms with E-state index in [1.807, 2.05) is 0 Å².